The van der Waals surface area contributed by atoms with Crippen molar-refractivity contribution in [1.29, 1.82) is 0 Å². The zero-order chi connectivity index (χ0) is 12.1. The van der Waals surface area contributed by atoms with Gasteiger partial charge in [0.25, 0.3) is 0 Å². The summed E-state index contributed by atoms with van der Waals surface area (Å²) in [5.74, 6) is 1.13. The molecule has 3 nitrogen and oxygen atoms in total. The van der Waals surface area contributed by atoms with Gasteiger partial charge in [-0.2, -0.15) is 0 Å². The second-order valence-electron chi connectivity index (χ2n) is 3.95. The Balaban J connectivity index is 2.97. The van der Waals surface area contributed by atoms with E-state index in [1.165, 1.54) is 0 Å². The first-order chi connectivity index (χ1) is 7.62. The summed E-state index contributed by atoms with van der Waals surface area (Å²) in [5.41, 5.74) is 13.4. The summed E-state index contributed by atoms with van der Waals surface area (Å²) in [6.07, 6.45) is 0.802. The average Bonchev–Trinajstić information content (AvgIpc) is 2.29. The fraction of sp³-hybridized carbons (Fsp3) is 0.500. The van der Waals surface area contributed by atoms with Crippen LogP contribution >= 0.6 is 11.6 Å². The van der Waals surface area contributed by atoms with Crippen LogP contribution in [0.25, 0.3) is 0 Å². The number of benzene rings is 1. The minimum Gasteiger partial charge on any atom is -0.496 e. The van der Waals surface area contributed by atoms with Crippen molar-refractivity contribution in [2.75, 3.05) is 20.2 Å². The third kappa shape index (κ3) is 3.11. The van der Waals surface area contributed by atoms with Crippen LogP contribution in [0.1, 0.15) is 11.1 Å². The van der Waals surface area contributed by atoms with Crippen LogP contribution in [0.4, 0.5) is 0 Å². The Morgan fingerprint density at radius 1 is 1.31 bits per heavy atom. The van der Waals surface area contributed by atoms with Gasteiger partial charge in [0.2, 0.25) is 0 Å². The van der Waals surface area contributed by atoms with E-state index in [4.69, 9.17) is 27.8 Å². The Hall–Kier alpha value is -0.770. The maximum absolute atomic E-state index is 6.09. The lowest BCUT2D eigenvalue weighted by Gasteiger charge is -2.16. The van der Waals surface area contributed by atoms with E-state index in [1.54, 1.807) is 7.11 Å². The first-order valence-corrected chi connectivity index (χ1v) is 5.73. The van der Waals surface area contributed by atoms with Gasteiger partial charge >= 0.3 is 0 Å². The van der Waals surface area contributed by atoms with Gasteiger partial charge in [0.15, 0.2) is 0 Å². The summed E-state index contributed by atoms with van der Waals surface area (Å²) in [7, 11) is 1.66. The Morgan fingerprint density at radius 2 is 1.94 bits per heavy atom. The minimum absolute atomic E-state index is 0.271. The Bertz CT molecular complexity index is 351. The number of hydrogen-bond donors (Lipinski definition) is 2. The smallest absolute Gasteiger partial charge is 0.122 e. The van der Waals surface area contributed by atoms with Crippen LogP contribution in [0, 0.1) is 12.8 Å². The van der Waals surface area contributed by atoms with E-state index in [0.29, 0.717) is 13.1 Å². The summed E-state index contributed by atoms with van der Waals surface area (Å²) >= 11 is 6.09. The van der Waals surface area contributed by atoms with Crippen LogP contribution in [-0.2, 0) is 6.42 Å². The molecule has 0 amide bonds. The lowest BCUT2D eigenvalue weighted by molar-refractivity contribution is 0.404. The maximum Gasteiger partial charge on any atom is 0.122 e. The van der Waals surface area contributed by atoms with Crippen LogP contribution < -0.4 is 16.2 Å². The number of methoxy groups -OCH3 is 1. The first kappa shape index (κ1) is 13.3. The third-order valence-corrected chi connectivity index (χ3v) is 3.14. The molecule has 4 N–H and O–H groups in total. The molecule has 0 heterocycles. The predicted molar refractivity (Wildman–Crippen MR) is 68.0 cm³/mol. The number of halogens is 1. The van der Waals surface area contributed by atoms with Crippen molar-refractivity contribution in [1.82, 2.24) is 0 Å². The van der Waals surface area contributed by atoms with Crippen LogP contribution in [-0.4, -0.2) is 20.2 Å². The van der Waals surface area contributed by atoms with Crippen LogP contribution in [0.15, 0.2) is 12.1 Å². The Labute approximate surface area is 102 Å². The normalized spacial score (nSPS) is 10.9. The van der Waals surface area contributed by atoms with E-state index in [1.807, 2.05) is 19.1 Å². The van der Waals surface area contributed by atoms with E-state index >= 15 is 0 Å². The molecule has 0 aliphatic rings. The topological polar surface area (TPSA) is 61.3 Å². The van der Waals surface area contributed by atoms with Crippen molar-refractivity contribution < 1.29 is 4.74 Å². The zero-order valence-corrected chi connectivity index (χ0v) is 10.6. The molecule has 1 aromatic rings. The van der Waals surface area contributed by atoms with Crippen LogP contribution in [0.5, 0.6) is 5.75 Å². The van der Waals surface area contributed by atoms with E-state index in [-0.39, 0.29) is 5.92 Å². The van der Waals surface area contributed by atoms with Crippen molar-refractivity contribution >= 4 is 11.6 Å². The molecule has 0 aromatic heterocycles. The molecule has 16 heavy (non-hydrogen) atoms. The molecule has 0 unspecified atom stereocenters. The highest BCUT2D eigenvalue weighted by Gasteiger charge is 2.12. The van der Waals surface area contributed by atoms with E-state index in [2.05, 4.69) is 0 Å². The Morgan fingerprint density at radius 3 is 2.44 bits per heavy atom. The maximum atomic E-state index is 6.09. The predicted octanol–water partition coefficient (Wildman–Crippen LogP) is 1.73. The quantitative estimate of drug-likeness (QED) is 0.827. The molecule has 0 bridgehead atoms. The molecule has 4 heteroatoms. The number of nitrogens with two attached hydrogens (primary N) is 2. The van der Waals surface area contributed by atoms with E-state index in [9.17, 15) is 0 Å². The number of aryl methyl sites for hydroxylation is 1. The van der Waals surface area contributed by atoms with E-state index < -0.39 is 0 Å². The van der Waals surface area contributed by atoms with Crippen LogP contribution in [0.2, 0.25) is 5.02 Å². The van der Waals surface area contributed by atoms with Crippen molar-refractivity contribution in [3.05, 3.63) is 28.3 Å². The van der Waals surface area contributed by atoms with Gasteiger partial charge < -0.3 is 16.2 Å². The lowest BCUT2D eigenvalue weighted by Crippen LogP contribution is -2.25. The Kier molecular flexibility index (Phi) is 5.06. The highest BCUT2D eigenvalue weighted by Crippen LogP contribution is 2.28. The molecule has 0 fully saturated rings. The SMILES string of the molecule is COc1cc(C)c(Cl)cc1CC(CN)CN. The lowest BCUT2D eigenvalue weighted by atomic mass is 9.98. The molecule has 0 atom stereocenters. The number of ether oxygens (including phenoxy) is 1. The molecule has 90 valence electrons. The van der Waals surface area contributed by atoms with Gasteiger partial charge in [-0.15, -0.1) is 0 Å². The second-order valence-corrected chi connectivity index (χ2v) is 4.36. The monoisotopic (exact) mass is 242 g/mol. The molecular weight excluding hydrogens is 224 g/mol. The summed E-state index contributed by atoms with van der Waals surface area (Å²) < 4.78 is 5.33. The molecule has 0 saturated heterocycles. The minimum atomic E-state index is 0.271. The third-order valence-electron chi connectivity index (χ3n) is 2.74. The molecule has 1 aromatic carbocycles. The summed E-state index contributed by atoms with van der Waals surface area (Å²) in [5, 5.41) is 0.753. The molecule has 0 radical (unpaired) electrons. The van der Waals surface area contributed by atoms with Gasteiger partial charge in [0, 0.05) is 5.02 Å². The number of hydrogen-bond acceptors (Lipinski definition) is 3. The summed E-state index contributed by atoms with van der Waals surface area (Å²) in [6.45, 7) is 3.11. The van der Waals surface area contributed by atoms with Crippen LogP contribution in [0.3, 0.4) is 0 Å². The van der Waals surface area contributed by atoms with Gasteiger partial charge in [-0.05, 0) is 55.6 Å². The fourth-order valence-electron chi connectivity index (χ4n) is 1.62. The van der Waals surface area contributed by atoms with Gasteiger partial charge in [-0.1, -0.05) is 11.6 Å². The van der Waals surface area contributed by atoms with Crippen molar-refractivity contribution in [2.24, 2.45) is 17.4 Å². The standard InChI is InChI=1S/C12H19ClN2O/c1-8-3-12(16-2)10(5-11(8)13)4-9(6-14)7-15/h3,5,9H,4,6-7,14-15H2,1-2H3. The molecule has 0 saturated carbocycles. The largest absolute Gasteiger partial charge is 0.496 e. The highest BCUT2D eigenvalue weighted by molar-refractivity contribution is 6.31. The molecule has 0 aliphatic heterocycles. The van der Waals surface area contributed by atoms with E-state index in [0.717, 1.165) is 28.3 Å². The molecule has 0 aliphatic carbocycles. The van der Waals surface area contributed by atoms with Gasteiger partial charge in [-0.3, -0.25) is 0 Å². The molecule has 0 spiro atoms. The van der Waals surface area contributed by atoms with Gasteiger partial charge in [0.1, 0.15) is 5.75 Å². The number of rotatable bonds is 5. The highest BCUT2D eigenvalue weighted by atomic mass is 35.5. The molecule has 1 rings (SSSR count). The zero-order valence-electron chi connectivity index (χ0n) is 9.79. The van der Waals surface area contributed by atoms with Crippen molar-refractivity contribution in [3.8, 4) is 5.75 Å². The second kappa shape index (κ2) is 6.09. The summed E-state index contributed by atoms with van der Waals surface area (Å²) in [4.78, 5) is 0. The molecular formula is C12H19ClN2O. The van der Waals surface area contributed by atoms with Gasteiger partial charge in [-0.25, -0.2) is 0 Å². The van der Waals surface area contributed by atoms with Crippen molar-refractivity contribution in [2.45, 2.75) is 13.3 Å². The van der Waals surface area contributed by atoms with Gasteiger partial charge in [0.05, 0.1) is 7.11 Å². The first-order valence-electron chi connectivity index (χ1n) is 5.35. The van der Waals surface area contributed by atoms with Crippen molar-refractivity contribution in [3.63, 3.8) is 0 Å². The summed E-state index contributed by atoms with van der Waals surface area (Å²) in [6, 6.07) is 3.88. The average molecular weight is 243 g/mol. The fourth-order valence-corrected chi connectivity index (χ4v) is 1.81.